The van der Waals surface area contributed by atoms with E-state index in [9.17, 15) is 19.5 Å². The molecule has 0 unspecified atom stereocenters. The number of fused-ring (bicyclic) bond motifs is 5. The summed E-state index contributed by atoms with van der Waals surface area (Å²) in [7, 11) is 0. The van der Waals surface area contributed by atoms with Crippen LogP contribution in [0.15, 0.2) is 77.2 Å². The highest BCUT2D eigenvalue weighted by Crippen LogP contribution is 2.45. The van der Waals surface area contributed by atoms with Crippen LogP contribution in [0.5, 0.6) is 0 Å². The molecule has 2 N–H and O–H groups in total. The number of amides is 2. The Bertz CT molecular complexity index is 2910. The first-order valence-corrected chi connectivity index (χ1v) is 25.5. The summed E-state index contributed by atoms with van der Waals surface area (Å²) in [5, 5.41) is 23.9. The number of aliphatic hydroxyl groups excluding tert-OH is 1. The molecule has 16 heteroatoms. The van der Waals surface area contributed by atoms with Crippen LogP contribution < -0.4 is 15.8 Å². The van der Waals surface area contributed by atoms with E-state index < -0.39 is 23.6 Å². The van der Waals surface area contributed by atoms with Crippen LogP contribution in [0.3, 0.4) is 0 Å². The number of halogens is 1. The zero-order valence-electron chi connectivity index (χ0n) is 39.7. The standard InChI is InChI=1S/C52H61ClN10O4S/c1-30(2)46(50(67)61-27-38(64)25-44(61)48(65)55-31(3)34-14-16-36(17-15-34)47-32(4)54-29-68-47)62-28-41(57-58-62)35-12-10-33(11-13-35)26-59-20-22-60(23-21-59)37-18-19-39-43(24-37)63-42-9-7-8-40(53)45(42)49(66)56-51(63)52(39,5)6/h7-9,14-19,24,28-31,33,35,38,44,46,64H,10-13,20-23,25-27H2,1-6H3,(H,55,65)/t31-,33?,35?,38+,44-,46-/m0/s1. The lowest BCUT2D eigenvalue weighted by molar-refractivity contribution is -0.142. The molecule has 68 heavy (non-hydrogen) atoms. The van der Waals surface area contributed by atoms with Gasteiger partial charge in [0.05, 0.1) is 60.9 Å². The summed E-state index contributed by atoms with van der Waals surface area (Å²) >= 11 is 8.13. The lowest BCUT2D eigenvalue weighted by Gasteiger charge is -2.39. The van der Waals surface area contributed by atoms with Crippen molar-refractivity contribution in [3.63, 3.8) is 0 Å². The Kier molecular flexibility index (Phi) is 12.5. The molecule has 0 spiro atoms. The van der Waals surface area contributed by atoms with Crippen molar-refractivity contribution in [1.82, 2.24) is 44.6 Å². The highest BCUT2D eigenvalue weighted by molar-refractivity contribution is 7.13. The van der Waals surface area contributed by atoms with E-state index in [1.165, 1.54) is 5.69 Å². The van der Waals surface area contributed by atoms with Crippen molar-refractivity contribution in [2.75, 3.05) is 44.2 Å². The fourth-order valence-electron chi connectivity index (χ4n) is 11.3. The number of aliphatic hydroxyl groups is 1. The maximum atomic E-state index is 14.4. The van der Waals surface area contributed by atoms with Crippen molar-refractivity contribution in [3.8, 4) is 16.1 Å². The number of nitrogens with zero attached hydrogens (tertiary/aromatic N) is 9. The maximum Gasteiger partial charge on any atom is 0.282 e. The maximum absolute atomic E-state index is 14.4. The van der Waals surface area contributed by atoms with E-state index in [-0.39, 0.29) is 48.2 Å². The summed E-state index contributed by atoms with van der Waals surface area (Å²) in [6, 6.07) is 18.7. The van der Waals surface area contributed by atoms with Gasteiger partial charge in [-0.3, -0.25) is 23.9 Å². The predicted octanol–water partition coefficient (Wildman–Crippen LogP) is 7.83. The second-order valence-corrected chi connectivity index (χ2v) is 21.6. The van der Waals surface area contributed by atoms with Gasteiger partial charge in [-0.05, 0) is 106 Å². The number of aromatic nitrogens is 6. The molecule has 2 saturated heterocycles. The number of thiazole rings is 1. The van der Waals surface area contributed by atoms with Gasteiger partial charge in [0.1, 0.15) is 17.9 Å². The second-order valence-electron chi connectivity index (χ2n) is 20.4. The number of carbonyl (C=O) groups is 2. The Morgan fingerprint density at radius 3 is 2.44 bits per heavy atom. The molecule has 10 rings (SSSR count). The number of rotatable bonds is 11. The number of hydrogen-bond acceptors (Lipinski definition) is 11. The van der Waals surface area contributed by atoms with Gasteiger partial charge in [0, 0.05) is 63.5 Å². The normalized spacial score (nSPS) is 22.4. The number of aryl methyl sites for hydroxylation is 1. The molecule has 3 aromatic carbocycles. The van der Waals surface area contributed by atoms with Gasteiger partial charge in [-0.2, -0.15) is 4.98 Å². The molecular weight excluding hydrogens is 896 g/mol. The van der Waals surface area contributed by atoms with Gasteiger partial charge in [0.2, 0.25) is 11.8 Å². The van der Waals surface area contributed by atoms with E-state index in [0.29, 0.717) is 16.3 Å². The van der Waals surface area contributed by atoms with Gasteiger partial charge in [0.25, 0.3) is 5.56 Å². The van der Waals surface area contributed by atoms with Crippen molar-refractivity contribution in [1.29, 1.82) is 0 Å². The molecule has 2 amide bonds. The Hall–Kier alpha value is -5.48. The molecule has 3 fully saturated rings. The zero-order chi connectivity index (χ0) is 47.6. The summed E-state index contributed by atoms with van der Waals surface area (Å²) in [4.78, 5) is 58.0. The minimum Gasteiger partial charge on any atom is -0.391 e. The van der Waals surface area contributed by atoms with E-state index in [2.05, 4.69) is 72.0 Å². The number of nitrogens with one attached hydrogen (secondary N) is 1. The highest BCUT2D eigenvalue weighted by atomic mass is 35.5. The van der Waals surface area contributed by atoms with Crippen LogP contribution >= 0.6 is 22.9 Å². The monoisotopic (exact) mass is 956 g/mol. The Morgan fingerprint density at radius 1 is 0.985 bits per heavy atom. The van der Waals surface area contributed by atoms with Crippen molar-refractivity contribution in [2.24, 2.45) is 11.8 Å². The molecule has 6 aromatic rings. The van der Waals surface area contributed by atoms with Gasteiger partial charge in [-0.25, -0.2) is 9.67 Å². The summed E-state index contributed by atoms with van der Waals surface area (Å²) in [5.41, 5.74) is 9.23. The Morgan fingerprint density at radius 2 is 1.74 bits per heavy atom. The van der Waals surface area contributed by atoms with Gasteiger partial charge >= 0.3 is 0 Å². The largest absolute Gasteiger partial charge is 0.391 e. The number of hydrogen-bond donors (Lipinski definition) is 2. The molecule has 14 nitrogen and oxygen atoms in total. The highest BCUT2D eigenvalue weighted by Gasteiger charge is 2.44. The molecule has 1 aliphatic carbocycles. The second kappa shape index (κ2) is 18.4. The number of benzene rings is 3. The van der Waals surface area contributed by atoms with Gasteiger partial charge in [-0.1, -0.05) is 67.1 Å². The third-order valence-electron chi connectivity index (χ3n) is 15.2. The van der Waals surface area contributed by atoms with Gasteiger partial charge < -0.3 is 20.2 Å². The molecule has 4 atom stereocenters. The smallest absolute Gasteiger partial charge is 0.282 e. The molecule has 0 radical (unpaired) electrons. The summed E-state index contributed by atoms with van der Waals surface area (Å²) in [5.74, 6) is 0.986. The number of piperazine rings is 1. The van der Waals surface area contributed by atoms with Crippen LogP contribution in [0.1, 0.15) is 113 Å². The Balaban J connectivity index is 0.732. The molecular formula is C52H61ClN10O4S. The quantitative estimate of drug-likeness (QED) is 0.131. The SMILES string of the molecule is Cc1ncsc1-c1ccc([C@H](C)NC(=O)[C@@H]2C[C@@H](O)CN2C(=O)[C@H](C(C)C)n2cc(C3CCC(CN4CCN(c5ccc6c(c5)-n5c(nc(=O)c7c(Cl)cccc75)C6(C)C)CC4)CC3)nn2)cc1. The number of likely N-dealkylation sites (tertiary alicyclic amines) is 1. The molecule has 3 aromatic heterocycles. The Labute approximate surface area is 406 Å². The van der Waals surface area contributed by atoms with E-state index in [1.807, 2.05) is 75.8 Å². The molecule has 4 aliphatic rings. The van der Waals surface area contributed by atoms with E-state index in [1.54, 1.807) is 27.0 Å². The van der Waals surface area contributed by atoms with Crippen molar-refractivity contribution in [2.45, 2.75) is 109 Å². The average molecular weight is 958 g/mol. The van der Waals surface area contributed by atoms with Crippen LogP contribution in [0.2, 0.25) is 5.02 Å². The molecule has 0 bridgehead atoms. The summed E-state index contributed by atoms with van der Waals surface area (Å²) in [6.07, 6.45) is 5.58. The first-order valence-electron chi connectivity index (χ1n) is 24.2. The fraction of sp³-hybridized carbons (Fsp3) is 0.481. The summed E-state index contributed by atoms with van der Waals surface area (Å²) in [6.45, 7) is 17.2. The van der Waals surface area contributed by atoms with Crippen LogP contribution in [0, 0.1) is 18.8 Å². The molecule has 356 valence electrons. The number of β-amino-alcohol motifs (C(OH)–C–C–N with tert-alkyl or cyclic N) is 1. The van der Waals surface area contributed by atoms with Crippen LogP contribution in [-0.4, -0.2) is 108 Å². The van der Waals surface area contributed by atoms with Gasteiger partial charge in [0.15, 0.2) is 0 Å². The third kappa shape index (κ3) is 8.53. The van der Waals surface area contributed by atoms with Crippen LogP contribution in [0.25, 0.3) is 27.0 Å². The molecule has 6 heterocycles. The van der Waals surface area contributed by atoms with E-state index in [0.717, 1.165) is 108 Å². The third-order valence-corrected chi connectivity index (χ3v) is 16.5. The number of anilines is 1. The first kappa shape index (κ1) is 46.3. The topological polar surface area (TPSA) is 155 Å². The van der Waals surface area contributed by atoms with Crippen molar-refractivity contribution < 1.29 is 14.7 Å². The van der Waals surface area contributed by atoms with Gasteiger partial charge in [-0.15, -0.1) is 16.4 Å². The van der Waals surface area contributed by atoms with E-state index in [4.69, 9.17) is 11.6 Å². The summed E-state index contributed by atoms with van der Waals surface area (Å²) < 4.78 is 3.82. The van der Waals surface area contributed by atoms with Crippen molar-refractivity contribution in [3.05, 3.63) is 116 Å². The minimum atomic E-state index is -0.795. The lowest BCUT2D eigenvalue weighted by atomic mass is 9.80. The molecule has 3 aliphatic heterocycles. The minimum absolute atomic E-state index is 0.0926. The zero-order valence-corrected chi connectivity index (χ0v) is 41.3. The van der Waals surface area contributed by atoms with Crippen molar-refractivity contribution >= 4 is 51.3 Å². The fourth-order valence-corrected chi connectivity index (χ4v) is 12.4. The average Bonchev–Trinajstić information content (AvgIpc) is 4.12. The first-order chi connectivity index (χ1) is 32.7. The van der Waals surface area contributed by atoms with E-state index >= 15 is 0 Å². The van der Waals surface area contributed by atoms with Crippen LogP contribution in [-0.2, 0) is 15.0 Å². The predicted molar refractivity (Wildman–Crippen MR) is 267 cm³/mol. The lowest BCUT2D eigenvalue weighted by Crippen LogP contribution is -2.49. The number of carbonyl (C=O) groups excluding carboxylic acids is 2. The van der Waals surface area contributed by atoms with Crippen LogP contribution in [0.4, 0.5) is 5.69 Å². The molecule has 1 saturated carbocycles.